The van der Waals surface area contributed by atoms with Crippen LogP contribution in [-0.2, 0) is 6.42 Å². The second-order valence-electron chi connectivity index (χ2n) is 4.32. The Morgan fingerprint density at radius 1 is 1.53 bits per heavy atom. The molecular formula is C11H19N3O. The first-order valence-corrected chi connectivity index (χ1v) is 5.87. The fourth-order valence-electron chi connectivity index (χ4n) is 2.32. The molecule has 84 valence electrons. The standard InChI is InChI=1S/C11H19N3O/c1-2-9-3-4-10(7-9)12-6-5-11-13-8-14-15-11/h8-10,12H,2-7H2,1H3. The molecule has 0 spiro atoms. The van der Waals surface area contributed by atoms with Crippen molar-refractivity contribution in [1.29, 1.82) is 0 Å². The molecule has 0 radical (unpaired) electrons. The average Bonchev–Trinajstić information content (AvgIpc) is 2.88. The first kappa shape index (κ1) is 10.6. The van der Waals surface area contributed by atoms with Crippen LogP contribution in [0, 0.1) is 5.92 Å². The van der Waals surface area contributed by atoms with E-state index < -0.39 is 0 Å². The minimum Gasteiger partial charge on any atom is -0.340 e. The van der Waals surface area contributed by atoms with Gasteiger partial charge in [0.05, 0.1) is 0 Å². The molecule has 1 saturated carbocycles. The van der Waals surface area contributed by atoms with Crippen LogP contribution in [-0.4, -0.2) is 22.7 Å². The van der Waals surface area contributed by atoms with Gasteiger partial charge in [0.2, 0.25) is 5.89 Å². The van der Waals surface area contributed by atoms with Crippen LogP contribution in [0.1, 0.15) is 38.5 Å². The summed E-state index contributed by atoms with van der Waals surface area (Å²) in [6.45, 7) is 3.23. The number of aromatic nitrogens is 2. The molecule has 1 aliphatic rings. The molecule has 1 aromatic heterocycles. The van der Waals surface area contributed by atoms with E-state index in [2.05, 4.69) is 22.4 Å². The molecule has 1 heterocycles. The maximum atomic E-state index is 4.94. The Hall–Kier alpha value is -0.900. The maximum Gasteiger partial charge on any atom is 0.227 e. The van der Waals surface area contributed by atoms with Gasteiger partial charge in [0.25, 0.3) is 0 Å². The molecule has 0 aliphatic heterocycles. The van der Waals surface area contributed by atoms with Gasteiger partial charge in [-0.2, -0.15) is 4.98 Å². The Morgan fingerprint density at radius 3 is 3.13 bits per heavy atom. The first-order chi connectivity index (χ1) is 7.38. The smallest absolute Gasteiger partial charge is 0.227 e. The van der Waals surface area contributed by atoms with E-state index in [-0.39, 0.29) is 0 Å². The molecule has 0 bridgehead atoms. The lowest BCUT2D eigenvalue weighted by Gasteiger charge is -2.11. The SMILES string of the molecule is CCC1CCC(NCCc2ncno2)C1. The zero-order valence-electron chi connectivity index (χ0n) is 9.28. The van der Waals surface area contributed by atoms with E-state index in [1.807, 2.05) is 0 Å². The van der Waals surface area contributed by atoms with Crippen LogP contribution in [0.25, 0.3) is 0 Å². The normalized spacial score (nSPS) is 25.9. The van der Waals surface area contributed by atoms with Crippen LogP contribution in [0.15, 0.2) is 10.9 Å². The fourth-order valence-corrected chi connectivity index (χ4v) is 2.32. The van der Waals surface area contributed by atoms with Gasteiger partial charge >= 0.3 is 0 Å². The Bertz CT molecular complexity index is 273. The zero-order valence-corrected chi connectivity index (χ0v) is 9.28. The summed E-state index contributed by atoms with van der Waals surface area (Å²) in [5, 5.41) is 7.14. The molecule has 15 heavy (non-hydrogen) atoms. The van der Waals surface area contributed by atoms with Gasteiger partial charge in [0.15, 0.2) is 6.33 Å². The first-order valence-electron chi connectivity index (χ1n) is 5.87. The minimum atomic E-state index is 0.706. The Labute approximate surface area is 90.4 Å². The van der Waals surface area contributed by atoms with Gasteiger partial charge in [-0.1, -0.05) is 18.5 Å². The summed E-state index contributed by atoms with van der Waals surface area (Å²) >= 11 is 0. The van der Waals surface area contributed by atoms with E-state index >= 15 is 0 Å². The largest absolute Gasteiger partial charge is 0.340 e. The summed E-state index contributed by atoms with van der Waals surface area (Å²) < 4.78 is 4.94. The van der Waals surface area contributed by atoms with Crippen molar-refractivity contribution in [3.63, 3.8) is 0 Å². The second-order valence-corrected chi connectivity index (χ2v) is 4.32. The molecule has 4 heteroatoms. The lowest BCUT2D eigenvalue weighted by atomic mass is 10.1. The number of rotatable bonds is 5. The monoisotopic (exact) mass is 209 g/mol. The molecule has 1 N–H and O–H groups in total. The van der Waals surface area contributed by atoms with Gasteiger partial charge in [-0.3, -0.25) is 0 Å². The number of hydrogen-bond donors (Lipinski definition) is 1. The van der Waals surface area contributed by atoms with Crippen LogP contribution in [0.5, 0.6) is 0 Å². The quantitative estimate of drug-likeness (QED) is 0.803. The van der Waals surface area contributed by atoms with E-state index in [1.54, 1.807) is 0 Å². The van der Waals surface area contributed by atoms with Crippen molar-refractivity contribution in [2.75, 3.05) is 6.54 Å². The molecule has 0 saturated heterocycles. The zero-order chi connectivity index (χ0) is 10.5. The average molecular weight is 209 g/mol. The molecule has 2 atom stereocenters. The highest BCUT2D eigenvalue weighted by Gasteiger charge is 2.22. The topological polar surface area (TPSA) is 51.0 Å². The lowest BCUT2D eigenvalue weighted by Crippen LogP contribution is -2.28. The summed E-state index contributed by atoms with van der Waals surface area (Å²) in [7, 11) is 0. The highest BCUT2D eigenvalue weighted by atomic mass is 16.5. The van der Waals surface area contributed by atoms with E-state index in [0.29, 0.717) is 6.04 Å². The number of nitrogens with one attached hydrogen (secondary N) is 1. The molecule has 0 aromatic carbocycles. The van der Waals surface area contributed by atoms with Crippen molar-refractivity contribution >= 4 is 0 Å². The van der Waals surface area contributed by atoms with Gasteiger partial charge < -0.3 is 9.84 Å². The molecule has 0 amide bonds. The highest BCUT2D eigenvalue weighted by Crippen LogP contribution is 2.27. The molecule has 1 fully saturated rings. The third-order valence-electron chi connectivity index (χ3n) is 3.30. The summed E-state index contributed by atoms with van der Waals surface area (Å²) in [5.41, 5.74) is 0. The highest BCUT2D eigenvalue weighted by molar-refractivity contribution is 4.82. The molecule has 4 nitrogen and oxygen atoms in total. The molecule has 1 aromatic rings. The Morgan fingerprint density at radius 2 is 2.47 bits per heavy atom. The van der Waals surface area contributed by atoms with Gasteiger partial charge in [0.1, 0.15) is 0 Å². The van der Waals surface area contributed by atoms with Crippen LogP contribution < -0.4 is 5.32 Å². The molecule has 2 rings (SSSR count). The van der Waals surface area contributed by atoms with Crippen LogP contribution in [0.2, 0.25) is 0 Å². The van der Waals surface area contributed by atoms with Crippen molar-refractivity contribution in [2.45, 2.75) is 45.1 Å². The third-order valence-corrected chi connectivity index (χ3v) is 3.30. The Balaban J connectivity index is 1.63. The molecule has 1 aliphatic carbocycles. The van der Waals surface area contributed by atoms with Crippen molar-refractivity contribution < 1.29 is 4.52 Å². The number of nitrogens with zero attached hydrogens (tertiary/aromatic N) is 2. The van der Waals surface area contributed by atoms with Gasteiger partial charge in [-0.05, 0) is 25.2 Å². The van der Waals surface area contributed by atoms with Crippen molar-refractivity contribution in [3.05, 3.63) is 12.2 Å². The fraction of sp³-hybridized carbons (Fsp3) is 0.818. The minimum absolute atomic E-state index is 0.706. The van der Waals surface area contributed by atoms with Crippen molar-refractivity contribution in [1.82, 2.24) is 15.5 Å². The summed E-state index contributed by atoms with van der Waals surface area (Å²) in [4.78, 5) is 3.99. The second kappa shape index (κ2) is 5.26. The number of hydrogen-bond acceptors (Lipinski definition) is 4. The van der Waals surface area contributed by atoms with Crippen molar-refractivity contribution in [2.24, 2.45) is 5.92 Å². The van der Waals surface area contributed by atoms with E-state index in [9.17, 15) is 0 Å². The van der Waals surface area contributed by atoms with E-state index in [4.69, 9.17) is 4.52 Å². The summed E-state index contributed by atoms with van der Waals surface area (Å²) in [6.07, 6.45) is 7.66. The van der Waals surface area contributed by atoms with Crippen LogP contribution in [0.4, 0.5) is 0 Å². The lowest BCUT2D eigenvalue weighted by molar-refractivity contribution is 0.370. The molecule has 2 unspecified atom stereocenters. The molecular weight excluding hydrogens is 190 g/mol. The Kier molecular flexibility index (Phi) is 3.72. The van der Waals surface area contributed by atoms with E-state index in [1.165, 1.54) is 32.0 Å². The van der Waals surface area contributed by atoms with Crippen molar-refractivity contribution in [3.8, 4) is 0 Å². The van der Waals surface area contributed by atoms with Gasteiger partial charge in [0, 0.05) is 19.0 Å². The predicted octanol–water partition coefficient (Wildman–Crippen LogP) is 1.78. The maximum absolute atomic E-state index is 4.94. The van der Waals surface area contributed by atoms with E-state index in [0.717, 1.165) is 24.8 Å². The van der Waals surface area contributed by atoms with Gasteiger partial charge in [-0.25, -0.2) is 0 Å². The van der Waals surface area contributed by atoms with Crippen LogP contribution >= 0.6 is 0 Å². The van der Waals surface area contributed by atoms with Crippen LogP contribution in [0.3, 0.4) is 0 Å². The van der Waals surface area contributed by atoms with Gasteiger partial charge in [-0.15, -0.1) is 0 Å². The predicted molar refractivity (Wildman–Crippen MR) is 57.4 cm³/mol. The summed E-state index contributed by atoms with van der Waals surface area (Å²) in [5.74, 6) is 1.67. The third kappa shape index (κ3) is 3.02. The summed E-state index contributed by atoms with van der Waals surface area (Å²) in [6, 6.07) is 0.706.